The normalized spacial score (nSPS) is 19.8. The van der Waals surface area contributed by atoms with Crippen molar-refractivity contribution in [1.82, 2.24) is 25.1 Å². The Bertz CT molecular complexity index is 743. The Labute approximate surface area is 159 Å². The number of carbonyl (C=O) groups is 2. The molecule has 0 aliphatic carbocycles. The summed E-state index contributed by atoms with van der Waals surface area (Å²) in [5, 5.41) is 3.06. The lowest BCUT2D eigenvalue weighted by Crippen LogP contribution is -2.45. The van der Waals surface area contributed by atoms with Gasteiger partial charge in [0.15, 0.2) is 0 Å². The molecule has 2 N–H and O–H groups in total. The molecular formula is C20H27N5O2. The fourth-order valence-electron chi connectivity index (χ4n) is 3.64. The Kier molecular flexibility index (Phi) is 6.24. The largest absolute Gasteiger partial charge is 0.357 e. The summed E-state index contributed by atoms with van der Waals surface area (Å²) >= 11 is 0. The minimum absolute atomic E-state index is 0.0628. The van der Waals surface area contributed by atoms with Crippen LogP contribution in [0.1, 0.15) is 36.3 Å². The van der Waals surface area contributed by atoms with Crippen LogP contribution in [-0.4, -0.2) is 63.3 Å². The van der Waals surface area contributed by atoms with E-state index in [2.05, 4.69) is 20.2 Å². The van der Waals surface area contributed by atoms with Gasteiger partial charge < -0.3 is 15.2 Å². The highest BCUT2D eigenvalue weighted by molar-refractivity contribution is 5.92. The number of hydrogen-bond donors (Lipinski definition) is 2. The van der Waals surface area contributed by atoms with E-state index in [1.54, 1.807) is 30.7 Å². The molecule has 3 heterocycles. The second kappa shape index (κ2) is 8.81. The van der Waals surface area contributed by atoms with Crippen LogP contribution < -0.4 is 5.32 Å². The van der Waals surface area contributed by atoms with Gasteiger partial charge in [0.2, 0.25) is 5.91 Å². The fourth-order valence-corrected chi connectivity index (χ4v) is 3.64. The van der Waals surface area contributed by atoms with Gasteiger partial charge >= 0.3 is 0 Å². The number of pyridine rings is 1. The second-order valence-electron chi connectivity index (χ2n) is 6.80. The summed E-state index contributed by atoms with van der Waals surface area (Å²) in [4.78, 5) is 36.4. The van der Waals surface area contributed by atoms with Gasteiger partial charge in [-0.1, -0.05) is 0 Å². The molecule has 2 aromatic rings. The Morgan fingerprint density at radius 1 is 1.26 bits per heavy atom. The predicted octanol–water partition coefficient (Wildman–Crippen LogP) is 1.65. The Hall–Kier alpha value is -2.67. The number of hydrogen-bond acceptors (Lipinski definition) is 4. The molecule has 7 heteroatoms. The topological polar surface area (TPSA) is 81.3 Å². The van der Waals surface area contributed by atoms with Gasteiger partial charge in [-0.3, -0.25) is 19.5 Å². The van der Waals surface area contributed by atoms with Crippen LogP contribution in [0.5, 0.6) is 0 Å². The molecule has 0 spiro atoms. The third-order valence-corrected chi connectivity index (χ3v) is 5.08. The first-order valence-corrected chi connectivity index (χ1v) is 9.48. The summed E-state index contributed by atoms with van der Waals surface area (Å²) in [7, 11) is 0. The number of H-pyrrole nitrogens is 1. The number of nitrogens with zero attached hydrogens (tertiary/aromatic N) is 3. The van der Waals surface area contributed by atoms with Gasteiger partial charge in [-0.25, -0.2) is 0 Å². The quantitative estimate of drug-likeness (QED) is 0.778. The van der Waals surface area contributed by atoms with Gasteiger partial charge in [0.05, 0.1) is 6.04 Å². The molecule has 0 bridgehead atoms. The van der Waals surface area contributed by atoms with Crippen LogP contribution in [0.15, 0.2) is 42.9 Å². The van der Waals surface area contributed by atoms with E-state index in [0.717, 1.165) is 5.56 Å². The summed E-state index contributed by atoms with van der Waals surface area (Å²) in [5.74, 6) is -0.00419. The van der Waals surface area contributed by atoms with Crippen molar-refractivity contribution in [2.75, 3.05) is 19.6 Å². The molecule has 7 nitrogen and oxygen atoms in total. The molecule has 2 aromatic heterocycles. The van der Waals surface area contributed by atoms with E-state index in [-0.39, 0.29) is 23.9 Å². The Balaban J connectivity index is 1.73. The van der Waals surface area contributed by atoms with E-state index in [9.17, 15) is 9.59 Å². The number of likely N-dealkylation sites (tertiary alicyclic amines) is 1. The van der Waals surface area contributed by atoms with E-state index in [0.29, 0.717) is 38.3 Å². The van der Waals surface area contributed by atoms with Crippen molar-refractivity contribution >= 4 is 11.8 Å². The predicted molar refractivity (Wildman–Crippen MR) is 103 cm³/mol. The monoisotopic (exact) mass is 369 g/mol. The van der Waals surface area contributed by atoms with Crippen molar-refractivity contribution in [1.29, 1.82) is 0 Å². The highest BCUT2D eigenvalue weighted by Crippen LogP contribution is 2.23. The minimum Gasteiger partial charge on any atom is -0.357 e. The maximum Gasteiger partial charge on any atom is 0.267 e. The lowest BCUT2D eigenvalue weighted by Gasteiger charge is -2.28. The van der Waals surface area contributed by atoms with Crippen molar-refractivity contribution in [3.63, 3.8) is 0 Å². The minimum atomic E-state index is -0.230. The summed E-state index contributed by atoms with van der Waals surface area (Å²) in [6, 6.07) is 7.18. The molecule has 1 saturated heterocycles. The number of nitrogens with one attached hydrogen (secondary N) is 2. The van der Waals surface area contributed by atoms with Crippen molar-refractivity contribution in [2.45, 2.75) is 38.9 Å². The summed E-state index contributed by atoms with van der Waals surface area (Å²) < 4.78 is 0. The zero-order valence-corrected chi connectivity index (χ0v) is 15.9. The van der Waals surface area contributed by atoms with Gasteiger partial charge in [0, 0.05) is 50.8 Å². The SMILES string of the molecule is CCN(CC)C(=O)[C@@H]1C[C@H](NC(=O)c2ccc[nH]2)CN1Cc1ccncc1. The first kappa shape index (κ1) is 19.1. The van der Waals surface area contributed by atoms with Gasteiger partial charge in [0.25, 0.3) is 5.91 Å². The molecule has 144 valence electrons. The molecular weight excluding hydrogens is 342 g/mol. The molecule has 1 fully saturated rings. The summed E-state index contributed by atoms with van der Waals surface area (Å²) in [6.07, 6.45) is 5.87. The number of aromatic nitrogens is 2. The highest BCUT2D eigenvalue weighted by Gasteiger charge is 2.38. The molecule has 1 aliphatic heterocycles. The lowest BCUT2D eigenvalue weighted by molar-refractivity contribution is -0.135. The standard InChI is InChI=1S/C20H27N5O2/c1-3-24(4-2)20(27)18-12-16(23-19(26)17-6-5-9-22-17)14-25(18)13-15-7-10-21-11-8-15/h5-11,16,18,22H,3-4,12-14H2,1-2H3,(H,23,26)/t16-,18-/m0/s1. The highest BCUT2D eigenvalue weighted by atomic mass is 16.2. The van der Waals surface area contributed by atoms with Crippen molar-refractivity contribution in [3.05, 3.63) is 54.1 Å². The first-order valence-electron chi connectivity index (χ1n) is 9.48. The van der Waals surface area contributed by atoms with Crippen LogP contribution in [0.25, 0.3) is 0 Å². The third-order valence-electron chi connectivity index (χ3n) is 5.08. The molecule has 0 radical (unpaired) electrons. The van der Waals surface area contributed by atoms with Crippen molar-refractivity contribution < 1.29 is 9.59 Å². The third kappa shape index (κ3) is 4.54. The van der Waals surface area contributed by atoms with Crippen molar-refractivity contribution in [3.8, 4) is 0 Å². The second-order valence-corrected chi connectivity index (χ2v) is 6.80. The molecule has 0 aromatic carbocycles. The van der Waals surface area contributed by atoms with Crippen molar-refractivity contribution in [2.24, 2.45) is 0 Å². The molecule has 0 saturated carbocycles. The van der Waals surface area contributed by atoms with Gasteiger partial charge in [-0.2, -0.15) is 0 Å². The molecule has 2 amide bonds. The fraction of sp³-hybridized carbons (Fsp3) is 0.450. The molecule has 2 atom stereocenters. The maximum absolute atomic E-state index is 13.0. The zero-order chi connectivity index (χ0) is 19.2. The van der Waals surface area contributed by atoms with Gasteiger partial charge in [-0.05, 0) is 50.1 Å². The van der Waals surface area contributed by atoms with Crippen LogP contribution >= 0.6 is 0 Å². The van der Waals surface area contributed by atoms with Gasteiger partial charge in [-0.15, -0.1) is 0 Å². The Morgan fingerprint density at radius 2 is 2.00 bits per heavy atom. The average molecular weight is 369 g/mol. The molecule has 0 unspecified atom stereocenters. The van der Waals surface area contributed by atoms with E-state index in [4.69, 9.17) is 0 Å². The number of likely N-dealkylation sites (N-methyl/N-ethyl adjacent to an activating group) is 1. The van der Waals surface area contributed by atoms with Crippen LogP contribution in [0, 0.1) is 0 Å². The van der Waals surface area contributed by atoms with E-state index in [1.165, 1.54) is 0 Å². The Morgan fingerprint density at radius 3 is 2.63 bits per heavy atom. The zero-order valence-electron chi connectivity index (χ0n) is 15.9. The van der Waals surface area contributed by atoms with Crippen LogP contribution in [0.3, 0.4) is 0 Å². The summed E-state index contributed by atoms with van der Waals surface area (Å²) in [5.41, 5.74) is 1.65. The van der Waals surface area contributed by atoms with Crippen LogP contribution in [0.4, 0.5) is 0 Å². The van der Waals surface area contributed by atoms with Gasteiger partial charge in [0.1, 0.15) is 5.69 Å². The number of carbonyl (C=O) groups excluding carboxylic acids is 2. The summed E-state index contributed by atoms with van der Waals surface area (Å²) in [6.45, 7) is 6.67. The number of aromatic amines is 1. The molecule has 3 rings (SSSR count). The molecule has 1 aliphatic rings. The van der Waals surface area contributed by atoms with E-state index >= 15 is 0 Å². The maximum atomic E-state index is 13.0. The van der Waals surface area contributed by atoms with E-state index < -0.39 is 0 Å². The molecule has 27 heavy (non-hydrogen) atoms. The smallest absolute Gasteiger partial charge is 0.267 e. The number of rotatable bonds is 7. The van der Waals surface area contributed by atoms with E-state index in [1.807, 2.05) is 30.9 Å². The number of amides is 2. The van der Waals surface area contributed by atoms with Crippen LogP contribution in [-0.2, 0) is 11.3 Å². The average Bonchev–Trinajstić information content (AvgIpc) is 3.34. The first-order chi connectivity index (χ1) is 13.1. The van der Waals surface area contributed by atoms with Crippen LogP contribution in [0.2, 0.25) is 0 Å². The lowest BCUT2D eigenvalue weighted by atomic mass is 10.1.